The molecular weight excluding hydrogens is 504 g/mol. The quantitative estimate of drug-likeness (QED) is 0.202. The van der Waals surface area contributed by atoms with E-state index in [2.05, 4.69) is 15.5 Å². The third-order valence-corrected chi connectivity index (χ3v) is 7.64. The number of pyridine rings is 1. The number of β-lactam (4-membered cyclic amide) rings is 1. The molecular formula is C23H25N6O5S2+. The van der Waals surface area contributed by atoms with Crippen LogP contribution in [0.25, 0.3) is 0 Å². The van der Waals surface area contributed by atoms with Gasteiger partial charge in [0.05, 0.1) is 1.37 Å². The Morgan fingerprint density at radius 3 is 3.06 bits per heavy atom. The zero-order chi connectivity index (χ0) is 31.6. The summed E-state index contributed by atoms with van der Waals surface area (Å²) in [6.45, 7) is -0.265. The number of amides is 2. The summed E-state index contributed by atoms with van der Waals surface area (Å²) in [5, 5.41) is 17.2. The van der Waals surface area contributed by atoms with Gasteiger partial charge in [-0.15, -0.1) is 23.1 Å². The Morgan fingerprint density at radius 1 is 1.50 bits per heavy atom. The van der Waals surface area contributed by atoms with Crippen molar-refractivity contribution in [3.05, 3.63) is 51.9 Å². The number of hydrogen-bond donors (Lipinski definition) is 3. The SMILES string of the molecule is [2H]c1cc[n+](CC2=C(C(=O)O)N3C(=O)[C@@H](NC(=O)/C(=N\OC)c4csc(N)n4)[C@H]3SC2)c2c1C([2H])([2H])C([2H])([2H])CC2([2H])[2H]. The van der Waals surface area contributed by atoms with Gasteiger partial charge in [-0.05, 0) is 25.2 Å². The van der Waals surface area contributed by atoms with Crippen LogP contribution >= 0.6 is 23.1 Å². The van der Waals surface area contributed by atoms with Gasteiger partial charge in [-0.1, -0.05) is 5.16 Å². The Kier molecular flexibility index (Phi) is 4.70. The molecule has 0 aromatic carbocycles. The van der Waals surface area contributed by atoms with E-state index < -0.39 is 60.3 Å². The number of carboxylic acid groups (broad SMARTS) is 1. The summed E-state index contributed by atoms with van der Waals surface area (Å²) in [5.74, 6) is -2.86. The molecule has 0 spiro atoms. The van der Waals surface area contributed by atoms with Gasteiger partial charge in [0, 0.05) is 42.9 Å². The van der Waals surface area contributed by atoms with Crippen LogP contribution in [-0.4, -0.2) is 62.8 Å². The lowest BCUT2D eigenvalue weighted by Gasteiger charge is -2.49. The lowest BCUT2D eigenvalue weighted by Crippen LogP contribution is -2.71. The highest BCUT2D eigenvalue weighted by molar-refractivity contribution is 8.00. The Labute approximate surface area is 224 Å². The standard InChI is InChI=1S/C23H24N6O5S2/c1-34-27-16(14-11-36-23(24)25-14)19(30)26-17-20(31)29-18(22(32)33)13(10-35-21(17)29)9-28-8-4-6-12-5-2-3-7-15(12)28/h4,6,8,11,17,21H,2-3,5,7,9-10H2,1H3,(H3-,24,25,26,30,32,33)/p+1/b27-16-/t17-,21-/m1/s1/i2D2,5D2,6D,7D2. The molecule has 0 unspecified atom stereocenters. The molecule has 2 atom stereocenters. The number of anilines is 1. The first kappa shape index (κ1) is 17.1. The molecule has 1 saturated heterocycles. The zero-order valence-corrected chi connectivity index (χ0v) is 20.4. The van der Waals surface area contributed by atoms with Gasteiger partial charge in [0.25, 0.3) is 11.8 Å². The molecule has 3 aliphatic rings. The second kappa shape index (κ2) is 9.90. The van der Waals surface area contributed by atoms with Gasteiger partial charge in [0.15, 0.2) is 29.3 Å². The third-order valence-electron chi connectivity index (χ3n) is 5.62. The van der Waals surface area contributed by atoms with Gasteiger partial charge in [-0.3, -0.25) is 14.5 Å². The molecule has 36 heavy (non-hydrogen) atoms. The number of fused-ring (bicyclic) bond motifs is 2. The minimum absolute atomic E-state index is 0.0607. The molecule has 2 aromatic rings. The molecule has 2 amide bonds. The summed E-state index contributed by atoms with van der Waals surface area (Å²) in [5.41, 5.74) is 4.68. The molecule has 2 aliphatic heterocycles. The van der Waals surface area contributed by atoms with Crippen LogP contribution in [0.2, 0.25) is 0 Å². The predicted octanol–water partition coefficient (Wildman–Crippen LogP) is 0.681. The summed E-state index contributed by atoms with van der Waals surface area (Å²) in [4.78, 5) is 48.4. The van der Waals surface area contributed by atoms with E-state index in [0.717, 1.165) is 16.2 Å². The van der Waals surface area contributed by atoms with Crippen LogP contribution in [0, 0.1) is 0 Å². The number of nitrogens with two attached hydrogens (primary N) is 1. The van der Waals surface area contributed by atoms with Crippen molar-refractivity contribution in [1.82, 2.24) is 15.2 Å². The highest BCUT2D eigenvalue weighted by Gasteiger charge is 2.55. The van der Waals surface area contributed by atoms with Crippen molar-refractivity contribution in [1.29, 1.82) is 0 Å². The first-order valence-electron chi connectivity index (χ1n) is 14.1. The number of carbonyl (C=O) groups is 3. The predicted molar refractivity (Wildman–Crippen MR) is 133 cm³/mol. The van der Waals surface area contributed by atoms with Gasteiger partial charge in [-0.2, -0.15) is 4.57 Å². The van der Waals surface area contributed by atoms with Gasteiger partial charge < -0.3 is 21.0 Å². The minimum atomic E-state index is -2.70. The van der Waals surface area contributed by atoms with Crippen LogP contribution in [-0.2, 0) is 38.5 Å². The monoisotopic (exact) mass is 536 g/mol. The van der Waals surface area contributed by atoms with Gasteiger partial charge >= 0.3 is 5.97 Å². The largest absolute Gasteiger partial charge is 0.477 e. The van der Waals surface area contributed by atoms with Crippen molar-refractivity contribution < 1.29 is 38.5 Å². The molecule has 11 nitrogen and oxygen atoms in total. The number of carbonyl (C=O) groups excluding carboxylic acids is 2. The Hall–Kier alpha value is -3.45. The summed E-state index contributed by atoms with van der Waals surface area (Å²) in [6.07, 6.45) is -7.19. The van der Waals surface area contributed by atoms with E-state index >= 15 is 0 Å². The summed E-state index contributed by atoms with van der Waals surface area (Å²) in [6, 6.07) is -0.288. The smallest absolute Gasteiger partial charge is 0.352 e. The van der Waals surface area contributed by atoms with E-state index in [4.69, 9.17) is 20.2 Å². The van der Waals surface area contributed by atoms with Crippen LogP contribution in [0.5, 0.6) is 0 Å². The number of aliphatic carboxylic acids is 1. The number of hydrogen-bond acceptors (Lipinski definition) is 9. The second-order valence-corrected chi connectivity index (χ2v) is 9.77. The highest BCUT2D eigenvalue weighted by Crippen LogP contribution is 2.40. The number of thiazole rings is 1. The lowest BCUT2D eigenvalue weighted by atomic mass is 9.95. The van der Waals surface area contributed by atoms with Crippen LogP contribution in [0.15, 0.2) is 40.1 Å². The molecule has 188 valence electrons. The number of aromatic nitrogens is 2. The maximum Gasteiger partial charge on any atom is 0.352 e. The van der Waals surface area contributed by atoms with Crippen molar-refractivity contribution in [2.24, 2.45) is 5.16 Å². The fraction of sp³-hybridized carbons (Fsp3) is 0.391. The fourth-order valence-corrected chi connectivity index (χ4v) is 5.97. The van der Waals surface area contributed by atoms with Crippen LogP contribution < -0.4 is 15.6 Å². The van der Waals surface area contributed by atoms with Crippen molar-refractivity contribution in [2.45, 2.75) is 43.5 Å². The van der Waals surface area contributed by atoms with E-state index in [9.17, 15) is 19.5 Å². The van der Waals surface area contributed by atoms with Crippen molar-refractivity contribution >= 4 is 51.7 Å². The number of rotatable bonds is 7. The average molecular weight is 537 g/mol. The summed E-state index contributed by atoms with van der Waals surface area (Å²) in [7, 11) is 1.23. The molecule has 4 N–H and O–H groups in total. The topological polar surface area (TPSA) is 151 Å². The molecule has 0 bridgehead atoms. The Balaban J connectivity index is 1.46. The molecule has 2 aromatic heterocycles. The Bertz CT molecular complexity index is 1610. The summed E-state index contributed by atoms with van der Waals surface area (Å²) < 4.78 is 59.7. The van der Waals surface area contributed by atoms with E-state index in [0.29, 0.717) is 0 Å². The average Bonchev–Trinajstić information content (AvgIpc) is 3.34. The van der Waals surface area contributed by atoms with Crippen molar-refractivity contribution in [2.75, 3.05) is 18.6 Å². The maximum absolute atomic E-state index is 13.2. The van der Waals surface area contributed by atoms with E-state index in [1.54, 1.807) is 0 Å². The first-order chi connectivity index (χ1) is 20.0. The van der Waals surface area contributed by atoms with Gasteiger partial charge in [0.2, 0.25) is 0 Å². The number of nitrogens with one attached hydrogen (secondary N) is 1. The Morgan fingerprint density at radius 2 is 2.33 bits per heavy atom. The van der Waals surface area contributed by atoms with Crippen molar-refractivity contribution in [3.63, 3.8) is 0 Å². The van der Waals surface area contributed by atoms with Crippen LogP contribution in [0.4, 0.5) is 5.13 Å². The normalized spacial score (nSPS) is 28.5. The van der Waals surface area contributed by atoms with E-state index in [-0.39, 0.29) is 51.8 Å². The zero-order valence-electron chi connectivity index (χ0n) is 25.8. The fourth-order valence-electron chi connectivity index (χ4n) is 4.09. The molecule has 4 heterocycles. The van der Waals surface area contributed by atoms with Crippen LogP contribution in [0.3, 0.4) is 0 Å². The minimum Gasteiger partial charge on any atom is -0.477 e. The second-order valence-electron chi connectivity index (χ2n) is 7.78. The highest BCUT2D eigenvalue weighted by atomic mass is 32.2. The van der Waals surface area contributed by atoms with Gasteiger partial charge in [-0.25, -0.2) is 9.78 Å². The number of carboxylic acids is 1. The molecule has 0 saturated carbocycles. The lowest BCUT2D eigenvalue weighted by molar-refractivity contribution is -0.697. The number of nitrogens with zero attached hydrogens (tertiary/aromatic N) is 4. The maximum atomic E-state index is 13.2. The van der Waals surface area contributed by atoms with Gasteiger partial charge in [0.1, 0.15) is 29.9 Å². The van der Waals surface area contributed by atoms with E-state index in [1.165, 1.54) is 41.1 Å². The first-order valence-corrected chi connectivity index (χ1v) is 12.5. The number of oxime groups is 1. The van der Waals surface area contributed by atoms with Crippen LogP contribution in [0.1, 0.15) is 39.3 Å². The molecule has 1 fully saturated rings. The van der Waals surface area contributed by atoms with E-state index in [1.807, 2.05) is 0 Å². The molecule has 13 heteroatoms. The molecule has 0 radical (unpaired) electrons. The van der Waals surface area contributed by atoms with Crippen molar-refractivity contribution in [3.8, 4) is 0 Å². The third kappa shape index (κ3) is 4.32. The molecule has 5 rings (SSSR count). The summed E-state index contributed by atoms with van der Waals surface area (Å²) >= 11 is 2.24. The molecule has 1 aliphatic carbocycles. The number of thioether (sulfide) groups is 1. The number of nitrogen functional groups attached to an aromatic ring is 1.